The molecule has 7 heteroatoms. The molecule has 2 heterocycles. The summed E-state index contributed by atoms with van der Waals surface area (Å²) < 4.78 is 5.40. The molecule has 4 rings (SSSR count). The Morgan fingerprint density at radius 2 is 2.03 bits per heavy atom. The van der Waals surface area contributed by atoms with Crippen molar-refractivity contribution >= 4 is 34.0 Å². The number of thiazole rings is 1. The summed E-state index contributed by atoms with van der Waals surface area (Å²) in [5.74, 6) is -0.141. The third kappa shape index (κ3) is 5.46. The predicted octanol–water partition coefficient (Wildman–Crippen LogP) is 4.78. The van der Waals surface area contributed by atoms with Crippen molar-refractivity contribution in [2.45, 2.75) is 19.9 Å². The molecular weight excluding hydrogens is 418 g/mol. The fourth-order valence-corrected chi connectivity index (χ4v) is 4.44. The Kier molecular flexibility index (Phi) is 6.79. The lowest BCUT2D eigenvalue weighted by atomic mass is 10.1. The average Bonchev–Trinajstić information content (AvgIpc) is 3.18. The lowest BCUT2D eigenvalue weighted by Crippen LogP contribution is -2.35. The first kappa shape index (κ1) is 21.0. The van der Waals surface area contributed by atoms with Gasteiger partial charge in [-0.25, -0.2) is 4.98 Å². The van der Waals surface area contributed by atoms with Gasteiger partial charge in [0.15, 0.2) is 5.13 Å². The lowest BCUT2D eigenvalue weighted by molar-refractivity contribution is 0.0342. The summed E-state index contributed by atoms with van der Waals surface area (Å²) in [5, 5.41) is 4.29. The minimum Gasteiger partial charge on any atom is -0.379 e. The maximum absolute atomic E-state index is 12.7. The minimum atomic E-state index is -0.141. The lowest BCUT2D eigenvalue weighted by Gasteiger charge is -2.26. The highest BCUT2D eigenvalue weighted by Crippen LogP contribution is 2.24. The number of aromatic nitrogens is 1. The molecule has 30 heavy (non-hydrogen) atoms. The van der Waals surface area contributed by atoms with E-state index in [4.69, 9.17) is 16.3 Å². The molecule has 3 aromatic rings. The van der Waals surface area contributed by atoms with Crippen molar-refractivity contribution in [1.82, 2.24) is 9.88 Å². The van der Waals surface area contributed by atoms with Crippen LogP contribution in [0.25, 0.3) is 0 Å². The van der Waals surface area contributed by atoms with Gasteiger partial charge in [0.2, 0.25) is 0 Å². The van der Waals surface area contributed by atoms with Crippen molar-refractivity contribution in [3.8, 4) is 0 Å². The summed E-state index contributed by atoms with van der Waals surface area (Å²) >= 11 is 7.70. The number of carbonyl (C=O) groups is 1. The number of rotatable bonds is 6. The number of hydrogen-bond donors (Lipinski definition) is 1. The number of carbonyl (C=O) groups excluding carboxylic acids is 1. The molecule has 1 N–H and O–H groups in total. The molecule has 0 unspecified atom stereocenters. The Labute approximate surface area is 185 Å². The molecule has 1 aromatic heterocycles. The van der Waals surface area contributed by atoms with Crippen LogP contribution in [-0.4, -0.2) is 42.1 Å². The first-order chi connectivity index (χ1) is 14.6. The zero-order chi connectivity index (χ0) is 20.9. The minimum absolute atomic E-state index is 0.141. The molecule has 1 aliphatic rings. The smallest absolute Gasteiger partial charge is 0.257 e. The van der Waals surface area contributed by atoms with E-state index in [1.54, 1.807) is 0 Å². The fourth-order valence-electron chi connectivity index (χ4n) is 3.39. The van der Waals surface area contributed by atoms with E-state index >= 15 is 0 Å². The third-order valence-electron chi connectivity index (χ3n) is 5.09. The molecule has 156 valence electrons. The summed E-state index contributed by atoms with van der Waals surface area (Å²) in [7, 11) is 0. The number of anilines is 1. The van der Waals surface area contributed by atoms with Crippen LogP contribution in [0.5, 0.6) is 0 Å². The van der Waals surface area contributed by atoms with Gasteiger partial charge in [-0.3, -0.25) is 15.0 Å². The van der Waals surface area contributed by atoms with Gasteiger partial charge < -0.3 is 4.74 Å². The van der Waals surface area contributed by atoms with Gasteiger partial charge in [0.1, 0.15) is 0 Å². The molecule has 0 aliphatic carbocycles. The number of nitrogens with zero attached hydrogens (tertiary/aromatic N) is 2. The van der Waals surface area contributed by atoms with Crippen molar-refractivity contribution in [3.63, 3.8) is 0 Å². The number of hydrogen-bond acceptors (Lipinski definition) is 5. The van der Waals surface area contributed by atoms with Crippen LogP contribution < -0.4 is 5.32 Å². The highest BCUT2D eigenvalue weighted by atomic mass is 35.5. The highest BCUT2D eigenvalue weighted by Gasteiger charge is 2.13. The van der Waals surface area contributed by atoms with E-state index in [1.807, 2.05) is 43.5 Å². The number of ether oxygens (including phenoxy) is 1. The molecule has 0 saturated carbocycles. The molecule has 1 saturated heterocycles. The van der Waals surface area contributed by atoms with E-state index in [0.717, 1.165) is 65.9 Å². The molecule has 0 bridgehead atoms. The zero-order valence-corrected chi connectivity index (χ0v) is 18.4. The maximum atomic E-state index is 12.7. The summed E-state index contributed by atoms with van der Waals surface area (Å²) in [6, 6.07) is 13.8. The number of amides is 1. The Hall–Kier alpha value is -2.25. The zero-order valence-electron chi connectivity index (χ0n) is 16.9. The van der Waals surface area contributed by atoms with Gasteiger partial charge in [-0.2, -0.15) is 0 Å². The summed E-state index contributed by atoms with van der Waals surface area (Å²) in [6.07, 6.45) is 2.55. The second-order valence-electron chi connectivity index (χ2n) is 7.44. The number of nitrogens with one attached hydrogen (secondary N) is 1. The average molecular weight is 442 g/mol. The molecule has 0 spiro atoms. The van der Waals surface area contributed by atoms with Gasteiger partial charge >= 0.3 is 0 Å². The Morgan fingerprint density at radius 1 is 1.20 bits per heavy atom. The van der Waals surface area contributed by atoms with Crippen molar-refractivity contribution in [2.75, 3.05) is 31.6 Å². The van der Waals surface area contributed by atoms with E-state index < -0.39 is 0 Å². The van der Waals surface area contributed by atoms with Gasteiger partial charge in [-0.05, 0) is 41.8 Å². The van der Waals surface area contributed by atoms with Gasteiger partial charge in [0.05, 0.1) is 13.2 Å². The normalized spacial score (nSPS) is 14.6. The van der Waals surface area contributed by atoms with Crippen LogP contribution in [0.2, 0.25) is 5.02 Å². The number of aryl methyl sites for hydroxylation is 1. The second kappa shape index (κ2) is 9.71. The molecular formula is C23H24ClN3O2S. The van der Waals surface area contributed by atoms with Gasteiger partial charge in [-0.15, -0.1) is 11.3 Å². The SMILES string of the molecule is Cc1ccc(Cc2cnc(NC(=O)c3cccc(CN4CCOCC4)c3)s2)cc1Cl. The van der Waals surface area contributed by atoms with Crippen molar-refractivity contribution < 1.29 is 9.53 Å². The fraction of sp³-hybridized carbons (Fsp3) is 0.304. The molecule has 0 radical (unpaired) electrons. The first-order valence-corrected chi connectivity index (χ1v) is 11.2. The Morgan fingerprint density at radius 3 is 2.83 bits per heavy atom. The quantitative estimate of drug-likeness (QED) is 0.598. The van der Waals surface area contributed by atoms with Crippen LogP contribution in [0.4, 0.5) is 5.13 Å². The van der Waals surface area contributed by atoms with Gasteiger partial charge in [0, 0.05) is 47.7 Å². The number of halogens is 1. The van der Waals surface area contributed by atoms with Crippen molar-refractivity contribution in [2.24, 2.45) is 0 Å². The van der Waals surface area contributed by atoms with E-state index in [-0.39, 0.29) is 5.91 Å². The number of morpholine rings is 1. The summed E-state index contributed by atoms with van der Waals surface area (Å²) in [6.45, 7) is 6.19. The van der Waals surface area contributed by atoms with E-state index in [2.05, 4.69) is 27.3 Å². The third-order valence-corrected chi connectivity index (χ3v) is 6.41. The van der Waals surface area contributed by atoms with Crippen molar-refractivity contribution in [1.29, 1.82) is 0 Å². The van der Waals surface area contributed by atoms with Crippen LogP contribution in [0.1, 0.15) is 31.9 Å². The van der Waals surface area contributed by atoms with Gasteiger partial charge in [0.25, 0.3) is 5.91 Å². The van der Waals surface area contributed by atoms with Crippen LogP contribution in [0.3, 0.4) is 0 Å². The van der Waals surface area contributed by atoms with E-state index in [0.29, 0.717) is 10.7 Å². The van der Waals surface area contributed by atoms with E-state index in [9.17, 15) is 4.79 Å². The van der Waals surface area contributed by atoms with Crippen LogP contribution >= 0.6 is 22.9 Å². The Bertz CT molecular complexity index is 1030. The van der Waals surface area contributed by atoms with Crippen LogP contribution in [-0.2, 0) is 17.7 Å². The van der Waals surface area contributed by atoms with Crippen molar-refractivity contribution in [3.05, 3.63) is 80.8 Å². The van der Waals surface area contributed by atoms with Crippen LogP contribution in [0.15, 0.2) is 48.7 Å². The molecule has 0 atom stereocenters. The second-order valence-corrected chi connectivity index (χ2v) is 8.96. The first-order valence-electron chi connectivity index (χ1n) is 9.97. The van der Waals surface area contributed by atoms with Gasteiger partial charge in [-0.1, -0.05) is 35.9 Å². The predicted molar refractivity (Wildman–Crippen MR) is 122 cm³/mol. The monoisotopic (exact) mass is 441 g/mol. The molecule has 2 aromatic carbocycles. The molecule has 1 aliphatic heterocycles. The maximum Gasteiger partial charge on any atom is 0.257 e. The topological polar surface area (TPSA) is 54.5 Å². The van der Waals surface area contributed by atoms with E-state index in [1.165, 1.54) is 11.3 Å². The molecule has 5 nitrogen and oxygen atoms in total. The molecule has 1 amide bonds. The summed E-state index contributed by atoms with van der Waals surface area (Å²) in [5.41, 5.74) is 3.96. The summed E-state index contributed by atoms with van der Waals surface area (Å²) in [4.78, 5) is 20.5. The largest absolute Gasteiger partial charge is 0.379 e. The highest BCUT2D eigenvalue weighted by molar-refractivity contribution is 7.15. The standard InChI is InChI=1S/C23H24ClN3O2S/c1-16-5-6-17(13-21(16)24)12-20-14-25-23(30-20)26-22(28)19-4-2-3-18(11-19)15-27-7-9-29-10-8-27/h2-6,11,13-14H,7-10,12,15H2,1H3,(H,25,26,28). The Balaban J connectivity index is 1.38. The molecule has 1 fully saturated rings. The van der Waals surface area contributed by atoms with Crippen LogP contribution in [0, 0.1) is 6.92 Å². The number of benzene rings is 2.